The number of carbonyl (C=O) groups is 2. The molecular weight excluding hydrogens is 350 g/mol. The standard InChI is InChI=1S/C23H37N3O2/c1-18(2)16-21(25-19(3)27)17-26-15-9-13-22(26)23(28)24-14-8-7-12-20-10-5-4-6-11-20/h4-6,10-11,18,21-22H,7-9,12-17H2,1-3H3,(H,24,28)(H,25,27)/t21-,22+/m1/s1. The number of aryl methyl sites for hydroxylation is 1. The molecule has 1 fully saturated rings. The van der Waals surface area contributed by atoms with Crippen molar-refractivity contribution in [3.63, 3.8) is 0 Å². The van der Waals surface area contributed by atoms with Crippen LogP contribution in [-0.4, -0.2) is 48.4 Å². The van der Waals surface area contributed by atoms with Crippen molar-refractivity contribution in [3.8, 4) is 0 Å². The van der Waals surface area contributed by atoms with Crippen molar-refractivity contribution in [1.29, 1.82) is 0 Å². The molecule has 28 heavy (non-hydrogen) atoms. The molecule has 0 saturated carbocycles. The number of carbonyl (C=O) groups excluding carboxylic acids is 2. The number of nitrogens with zero attached hydrogens (tertiary/aromatic N) is 1. The molecule has 1 saturated heterocycles. The summed E-state index contributed by atoms with van der Waals surface area (Å²) in [6, 6.07) is 10.5. The first-order chi connectivity index (χ1) is 13.5. The topological polar surface area (TPSA) is 61.4 Å². The quantitative estimate of drug-likeness (QED) is 0.574. The summed E-state index contributed by atoms with van der Waals surface area (Å²) in [6.07, 6.45) is 6.02. The highest BCUT2D eigenvalue weighted by Gasteiger charge is 2.32. The van der Waals surface area contributed by atoms with Gasteiger partial charge in [-0.05, 0) is 56.6 Å². The van der Waals surface area contributed by atoms with Gasteiger partial charge in [-0.3, -0.25) is 14.5 Å². The first kappa shape index (κ1) is 22.4. The van der Waals surface area contributed by atoms with Crippen molar-refractivity contribution in [2.45, 2.75) is 71.4 Å². The maximum atomic E-state index is 12.7. The van der Waals surface area contributed by atoms with Gasteiger partial charge in [-0.15, -0.1) is 0 Å². The molecule has 5 nitrogen and oxygen atoms in total. The molecule has 1 aliphatic heterocycles. The molecule has 1 aromatic carbocycles. The molecule has 2 rings (SSSR count). The van der Waals surface area contributed by atoms with E-state index < -0.39 is 0 Å². The number of nitrogens with one attached hydrogen (secondary N) is 2. The van der Waals surface area contributed by atoms with Gasteiger partial charge in [0.15, 0.2) is 0 Å². The minimum atomic E-state index is -0.0578. The fraction of sp³-hybridized carbons (Fsp3) is 0.652. The fourth-order valence-corrected chi connectivity index (χ4v) is 4.09. The van der Waals surface area contributed by atoms with E-state index in [2.05, 4.69) is 53.6 Å². The Kier molecular flexibility index (Phi) is 9.48. The summed E-state index contributed by atoms with van der Waals surface area (Å²) in [6.45, 7) is 8.31. The second-order valence-electron chi connectivity index (χ2n) is 8.41. The van der Waals surface area contributed by atoms with E-state index >= 15 is 0 Å². The molecule has 1 aliphatic rings. The van der Waals surface area contributed by atoms with Crippen molar-refractivity contribution in [2.24, 2.45) is 5.92 Å². The third-order valence-electron chi connectivity index (χ3n) is 5.32. The van der Waals surface area contributed by atoms with E-state index in [9.17, 15) is 9.59 Å². The smallest absolute Gasteiger partial charge is 0.237 e. The first-order valence-corrected chi connectivity index (χ1v) is 10.8. The molecule has 5 heteroatoms. The van der Waals surface area contributed by atoms with Gasteiger partial charge in [-0.1, -0.05) is 44.2 Å². The Morgan fingerprint density at radius 2 is 1.93 bits per heavy atom. The van der Waals surface area contributed by atoms with Gasteiger partial charge in [-0.2, -0.15) is 0 Å². The molecule has 156 valence electrons. The minimum Gasteiger partial charge on any atom is -0.355 e. The predicted molar refractivity (Wildman–Crippen MR) is 114 cm³/mol. The average Bonchev–Trinajstić information content (AvgIpc) is 3.09. The third kappa shape index (κ3) is 8.01. The van der Waals surface area contributed by atoms with Crippen LogP contribution in [0, 0.1) is 5.92 Å². The third-order valence-corrected chi connectivity index (χ3v) is 5.32. The number of hydrogen-bond acceptors (Lipinski definition) is 3. The maximum absolute atomic E-state index is 12.7. The fourth-order valence-electron chi connectivity index (χ4n) is 4.09. The summed E-state index contributed by atoms with van der Waals surface area (Å²) in [4.78, 5) is 26.4. The summed E-state index contributed by atoms with van der Waals surface area (Å²) >= 11 is 0. The van der Waals surface area contributed by atoms with E-state index in [4.69, 9.17) is 0 Å². The molecule has 0 aromatic heterocycles. The molecule has 2 amide bonds. The maximum Gasteiger partial charge on any atom is 0.237 e. The molecule has 1 heterocycles. The Morgan fingerprint density at radius 3 is 2.61 bits per heavy atom. The van der Waals surface area contributed by atoms with Crippen LogP contribution >= 0.6 is 0 Å². The Labute approximate surface area is 170 Å². The predicted octanol–water partition coefficient (Wildman–Crippen LogP) is 3.14. The van der Waals surface area contributed by atoms with E-state index in [1.165, 1.54) is 5.56 Å². The van der Waals surface area contributed by atoms with Crippen molar-refractivity contribution >= 4 is 11.8 Å². The summed E-state index contributed by atoms with van der Waals surface area (Å²) in [5.74, 6) is 0.656. The highest BCUT2D eigenvalue weighted by atomic mass is 16.2. The van der Waals surface area contributed by atoms with E-state index in [0.29, 0.717) is 5.92 Å². The lowest BCUT2D eigenvalue weighted by Gasteiger charge is -2.29. The van der Waals surface area contributed by atoms with Crippen LogP contribution in [0.1, 0.15) is 58.4 Å². The van der Waals surface area contributed by atoms with Gasteiger partial charge in [0, 0.05) is 26.1 Å². The summed E-state index contributed by atoms with van der Waals surface area (Å²) in [5, 5.41) is 6.19. The molecule has 0 spiro atoms. The Hall–Kier alpha value is -1.88. The normalized spacial score (nSPS) is 18.2. The van der Waals surface area contributed by atoms with Crippen LogP contribution in [0.4, 0.5) is 0 Å². The number of rotatable bonds is 11. The Morgan fingerprint density at radius 1 is 1.18 bits per heavy atom. The molecule has 2 N–H and O–H groups in total. The van der Waals surface area contributed by atoms with Gasteiger partial charge in [0.2, 0.25) is 11.8 Å². The number of hydrogen-bond donors (Lipinski definition) is 2. The van der Waals surface area contributed by atoms with Crippen molar-refractivity contribution in [2.75, 3.05) is 19.6 Å². The van der Waals surface area contributed by atoms with Gasteiger partial charge >= 0.3 is 0 Å². The van der Waals surface area contributed by atoms with Crippen molar-refractivity contribution in [3.05, 3.63) is 35.9 Å². The Bertz CT molecular complexity index is 603. The highest BCUT2D eigenvalue weighted by Crippen LogP contribution is 2.19. The summed E-state index contributed by atoms with van der Waals surface area (Å²) in [7, 11) is 0. The van der Waals surface area contributed by atoms with E-state index in [1.807, 2.05) is 6.07 Å². The number of benzene rings is 1. The second-order valence-corrected chi connectivity index (χ2v) is 8.41. The zero-order valence-electron chi connectivity index (χ0n) is 17.7. The second kappa shape index (κ2) is 11.8. The van der Waals surface area contributed by atoms with Gasteiger partial charge < -0.3 is 10.6 Å². The van der Waals surface area contributed by atoms with Crippen LogP contribution in [0.2, 0.25) is 0 Å². The first-order valence-electron chi connectivity index (χ1n) is 10.8. The zero-order valence-corrected chi connectivity index (χ0v) is 17.7. The van der Waals surface area contributed by atoms with E-state index in [1.54, 1.807) is 6.92 Å². The molecule has 1 aromatic rings. The molecule has 0 aliphatic carbocycles. The lowest BCUT2D eigenvalue weighted by atomic mass is 10.0. The van der Waals surface area contributed by atoms with Gasteiger partial charge in [0.25, 0.3) is 0 Å². The van der Waals surface area contributed by atoms with Gasteiger partial charge in [0.05, 0.1) is 6.04 Å². The van der Waals surface area contributed by atoms with Crippen LogP contribution in [0.3, 0.4) is 0 Å². The minimum absolute atomic E-state index is 0.00395. The van der Waals surface area contributed by atoms with Crippen LogP contribution in [0.25, 0.3) is 0 Å². The van der Waals surface area contributed by atoms with Crippen molar-refractivity contribution < 1.29 is 9.59 Å². The molecule has 0 unspecified atom stereocenters. The molecule has 0 radical (unpaired) electrons. The summed E-state index contributed by atoms with van der Waals surface area (Å²) in [5.41, 5.74) is 1.35. The Balaban J connectivity index is 1.74. The van der Waals surface area contributed by atoms with Crippen LogP contribution in [0.5, 0.6) is 0 Å². The highest BCUT2D eigenvalue weighted by molar-refractivity contribution is 5.82. The number of amides is 2. The average molecular weight is 388 g/mol. The lowest BCUT2D eigenvalue weighted by Crippen LogP contribution is -2.49. The van der Waals surface area contributed by atoms with Crippen LogP contribution in [0.15, 0.2) is 30.3 Å². The van der Waals surface area contributed by atoms with Gasteiger partial charge in [-0.25, -0.2) is 0 Å². The zero-order chi connectivity index (χ0) is 20.4. The number of likely N-dealkylation sites (tertiary alicyclic amines) is 1. The molecule has 2 atom stereocenters. The summed E-state index contributed by atoms with van der Waals surface area (Å²) < 4.78 is 0. The largest absolute Gasteiger partial charge is 0.355 e. The monoisotopic (exact) mass is 387 g/mol. The van der Waals surface area contributed by atoms with Crippen molar-refractivity contribution in [1.82, 2.24) is 15.5 Å². The lowest BCUT2D eigenvalue weighted by molar-refractivity contribution is -0.125. The van der Waals surface area contributed by atoms with Gasteiger partial charge in [0.1, 0.15) is 0 Å². The number of unbranched alkanes of at least 4 members (excludes halogenated alkanes) is 1. The van der Waals surface area contributed by atoms with E-state index in [0.717, 1.165) is 58.2 Å². The van der Waals surface area contributed by atoms with Crippen LogP contribution in [-0.2, 0) is 16.0 Å². The SMILES string of the molecule is CC(=O)N[C@H](CC(C)C)CN1CCC[C@H]1C(=O)NCCCCc1ccccc1. The van der Waals surface area contributed by atoms with Crippen LogP contribution < -0.4 is 10.6 Å². The molecular formula is C23H37N3O2. The van der Waals surface area contributed by atoms with E-state index in [-0.39, 0.29) is 23.9 Å². The molecule has 0 bridgehead atoms.